The Morgan fingerprint density at radius 2 is 1.90 bits per heavy atom. The Morgan fingerprint density at radius 3 is 2.52 bits per heavy atom. The lowest BCUT2D eigenvalue weighted by molar-refractivity contribution is 0.0923. The van der Waals surface area contributed by atoms with Crippen LogP contribution in [0.2, 0.25) is 0 Å². The summed E-state index contributed by atoms with van der Waals surface area (Å²) in [6.45, 7) is 4.64. The molecule has 2 fully saturated rings. The van der Waals surface area contributed by atoms with Crippen LogP contribution in [0, 0.1) is 5.92 Å². The standard InChI is InChI=1S/C22H30N4O3/c1-3-11-26-19-18(21(28)25-22(26)29)16(12-17(24-19)14-7-8-14)20(27)23-15-9-5-13(4-2)6-10-15/h12-15H,3-11H2,1-2H3,(H,23,27)(H,25,28,29). The van der Waals surface area contributed by atoms with Crippen LogP contribution in [-0.2, 0) is 6.54 Å². The van der Waals surface area contributed by atoms with Gasteiger partial charge >= 0.3 is 5.69 Å². The first kappa shape index (κ1) is 19.9. The summed E-state index contributed by atoms with van der Waals surface area (Å²) in [7, 11) is 0. The Hall–Kier alpha value is -2.44. The summed E-state index contributed by atoms with van der Waals surface area (Å²) in [5, 5.41) is 3.37. The maximum atomic E-state index is 13.2. The maximum Gasteiger partial charge on any atom is 0.329 e. The van der Waals surface area contributed by atoms with Crippen LogP contribution in [0.15, 0.2) is 15.7 Å². The molecular formula is C22H30N4O3. The van der Waals surface area contributed by atoms with Gasteiger partial charge in [-0.1, -0.05) is 20.3 Å². The molecule has 0 spiro atoms. The average Bonchev–Trinajstić information content (AvgIpc) is 3.56. The van der Waals surface area contributed by atoms with Gasteiger partial charge in [0.1, 0.15) is 0 Å². The number of aromatic amines is 1. The minimum atomic E-state index is -0.535. The maximum absolute atomic E-state index is 13.2. The molecule has 2 aliphatic carbocycles. The van der Waals surface area contributed by atoms with Gasteiger partial charge in [0.2, 0.25) is 0 Å². The van der Waals surface area contributed by atoms with E-state index < -0.39 is 11.2 Å². The molecule has 2 saturated carbocycles. The predicted octanol–water partition coefficient (Wildman–Crippen LogP) is 3.07. The molecule has 2 aromatic heterocycles. The van der Waals surface area contributed by atoms with Crippen LogP contribution < -0.4 is 16.6 Å². The molecule has 1 amide bonds. The molecule has 2 aromatic rings. The molecule has 4 rings (SSSR count). The van der Waals surface area contributed by atoms with Crippen molar-refractivity contribution >= 4 is 16.9 Å². The van der Waals surface area contributed by atoms with Gasteiger partial charge in [-0.05, 0) is 56.9 Å². The van der Waals surface area contributed by atoms with E-state index in [1.807, 2.05) is 6.92 Å². The van der Waals surface area contributed by atoms with Gasteiger partial charge in [-0.3, -0.25) is 19.1 Å². The van der Waals surface area contributed by atoms with Crippen LogP contribution in [0.5, 0.6) is 0 Å². The van der Waals surface area contributed by atoms with Crippen molar-refractivity contribution in [3.05, 3.63) is 38.2 Å². The summed E-state index contributed by atoms with van der Waals surface area (Å²) >= 11 is 0. The summed E-state index contributed by atoms with van der Waals surface area (Å²) in [4.78, 5) is 45.3. The highest BCUT2D eigenvalue weighted by Gasteiger charge is 2.29. The molecule has 0 aliphatic heterocycles. The number of amides is 1. The number of H-pyrrole nitrogens is 1. The molecule has 2 heterocycles. The summed E-state index contributed by atoms with van der Waals surface area (Å²) < 4.78 is 1.49. The zero-order chi connectivity index (χ0) is 20.5. The van der Waals surface area contributed by atoms with Crippen LogP contribution in [0.4, 0.5) is 0 Å². The van der Waals surface area contributed by atoms with Gasteiger partial charge in [0.25, 0.3) is 11.5 Å². The Kier molecular flexibility index (Phi) is 5.56. The highest BCUT2D eigenvalue weighted by atomic mass is 16.2. The largest absolute Gasteiger partial charge is 0.349 e. The minimum Gasteiger partial charge on any atom is -0.349 e. The van der Waals surface area contributed by atoms with E-state index in [9.17, 15) is 14.4 Å². The van der Waals surface area contributed by atoms with Crippen LogP contribution in [0.25, 0.3) is 11.0 Å². The SMILES string of the molecule is CCCn1c(=O)[nH]c(=O)c2c(C(=O)NC3CCC(CC)CC3)cc(C3CC3)nc21. The van der Waals surface area contributed by atoms with Crippen molar-refractivity contribution < 1.29 is 4.79 Å². The van der Waals surface area contributed by atoms with Crippen LogP contribution in [0.1, 0.15) is 87.2 Å². The highest BCUT2D eigenvalue weighted by Crippen LogP contribution is 2.40. The third kappa shape index (κ3) is 4.00. The summed E-state index contributed by atoms with van der Waals surface area (Å²) in [5.41, 5.74) is 0.499. The lowest BCUT2D eigenvalue weighted by atomic mass is 9.84. The topological polar surface area (TPSA) is 96.9 Å². The lowest BCUT2D eigenvalue weighted by Gasteiger charge is -2.28. The number of rotatable bonds is 6. The van der Waals surface area contributed by atoms with E-state index in [1.165, 1.54) is 11.0 Å². The second kappa shape index (κ2) is 8.13. The molecule has 0 unspecified atom stereocenters. The second-order valence-electron chi connectivity index (χ2n) is 8.58. The number of fused-ring (bicyclic) bond motifs is 1. The van der Waals surface area contributed by atoms with Gasteiger partial charge in [-0.15, -0.1) is 0 Å². The van der Waals surface area contributed by atoms with Crippen LogP contribution >= 0.6 is 0 Å². The number of pyridine rings is 1. The number of carbonyl (C=O) groups is 1. The van der Waals surface area contributed by atoms with Crippen LogP contribution in [0.3, 0.4) is 0 Å². The fraction of sp³-hybridized carbons (Fsp3) is 0.636. The van der Waals surface area contributed by atoms with E-state index in [0.717, 1.165) is 56.6 Å². The zero-order valence-electron chi connectivity index (χ0n) is 17.3. The van der Waals surface area contributed by atoms with Crippen molar-refractivity contribution in [1.29, 1.82) is 0 Å². The fourth-order valence-electron chi connectivity index (χ4n) is 4.47. The second-order valence-corrected chi connectivity index (χ2v) is 8.58. The van der Waals surface area contributed by atoms with Crippen molar-refractivity contribution in [2.24, 2.45) is 5.92 Å². The van der Waals surface area contributed by atoms with Gasteiger partial charge in [0.15, 0.2) is 5.65 Å². The highest BCUT2D eigenvalue weighted by molar-refractivity contribution is 6.05. The van der Waals surface area contributed by atoms with Crippen LogP contribution in [-0.4, -0.2) is 26.5 Å². The van der Waals surface area contributed by atoms with Crippen molar-refractivity contribution in [3.8, 4) is 0 Å². The van der Waals surface area contributed by atoms with Crippen molar-refractivity contribution in [2.75, 3.05) is 0 Å². The molecule has 29 heavy (non-hydrogen) atoms. The fourth-order valence-corrected chi connectivity index (χ4v) is 4.47. The normalized spacial score (nSPS) is 22.0. The first-order chi connectivity index (χ1) is 14.0. The monoisotopic (exact) mass is 398 g/mol. The van der Waals surface area contributed by atoms with E-state index in [-0.39, 0.29) is 17.3 Å². The van der Waals surface area contributed by atoms with Crippen molar-refractivity contribution in [1.82, 2.24) is 19.9 Å². The molecule has 0 bridgehead atoms. The predicted molar refractivity (Wildman–Crippen MR) is 112 cm³/mol. The molecule has 7 heteroatoms. The third-order valence-corrected chi connectivity index (χ3v) is 6.42. The Balaban J connectivity index is 1.74. The number of aryl methyl sites for hydroxylation is 1. The smallest absolute Gasteiger partial charge is 0.329 e. The van der Waals surface area contributed by atoms with Crippen molar-refractivity contribution in [3.63, 3.8) is 0 Å². The number of carbonyl (C=O) groups excluding carboxylic acids is 1. The summed E-state index contributed by atoms with van der Waals surface area (Å²) in [6, 6.07) is 1.90. The Bertz CT molecular complexity index is 1030. The molecule has 7 nitrogen and oxygen atoms in total. The quantitative estimate of drug-likeness (QED) is 0.781. The zero-order valence-corrected chi connectivity index (χ0v) is 17.3. The molecule has 0 saturated heterocycles. The molecular weight excluding hydrogens is 368 g/mol. The van der Waals surface area contributed by atoms with Gasteiger partial charge in [0, 0.05) is 24.2 Å². The van der Waals surface area contributed by atoms with E-state index in [0.29, 0.717) is 23.7 Å². The molecule has 2 aliphatic rings. The number of hydrogen-bond donors (Lipinski definition) is 2. The summed E-state index contributed by atoms with van der Waals surface area (Å²) in [6.07, 6.45) is 8.18. The first-order valence-corrected chi connectivity index (χ1v) is 11.0. The molecule has 0 radical (unpaired) electrons. The molecule has 156 valence electrons. The molecule has 0 atom stereocenters. The first-order valence-electron chi connectivity index (χ1n) is 11.0. The average molecular weight is 399 g/mol. The van der Waals surface area contributed by atoms with Gasteiger partial charge in [-0.25, -0.2) is 9.78 Å². The number of hydrogen-bond acceptors (Lipinski definition) is 4. The van der Waals surface area contributed by atoms with Gasteiger partial charge in [-0.2, -0.15) is 0 Å². The Morgan fingerprint density at radius 1 is 1.17 bits per heavy atom. The van der Waals surface area contributed by atoms with Crippen molar-refractivity contribution in [2.45, 2.75) is 83.7 Å². The van der Waals surface area contributed by atoms with E-state index >= 15 is 0 Å². The van der Waals surface area contributed by atoms with E-state index in [2.05, 4.69) is 22.2 Å². The van der Waals surface area contributed by atoms with Gasteiger partial charge in [0.05, 0.1) is 10.9 Å². The number of aromatic nitrogens is 3. The molecule has 2 N–H and O–H groups in total. The number of nitrogens with one attached hydrogen (secondary N) is 2. The van der Waals surface area contributed by atoms with E-state index in [4.69, 9.17) is 0 Å². The Labute approximate surface area is 169 Å². The summed E-state index contributed by atoms with van der Waals surface area (Å²) in [5.74, 6) is 0.833. The lowest BCUT2D eigenvalue weighted by Crippen LogP contribution is -2.39. The van der Waals surface area contributed by atoms with E-state index in [1.54, 1.807) is 6.07 Å². The number of nitrogens with zero attached hydrogens (tertiary/aromatic N) is 2. The third-order valence-electron chi connectivity index (χ3n) is 6.42. The van der Waals surface area contributed by atoms with Gasteiger partial charge < -0.3 is 5.32 Å². The minimum absolute atomic E-state index is 0.138. The molecule has 0 aromatic carbocycles.